The molecule has 0 N–H and O–H groups in total. The molecule has 0 bridgehead atoms. The monoisotopic (exact) mass is 234 g/mol. The van der Waals surface area contributed by atoms with Gasteiger partial charge < -0.3 is 0 Å². The van der Waals surface area contributed by atoms with E-state index in [2.05, 4.69) is 0 Å². The zero-order chi connectivity index (χ0) is 11.6. The highest BCUT2D eigenvalue weighted by Crippen LogP contribution is 2.47. The largest absolute Gasteiger partial charge is 0.448 e. The quantitative estimate of drug-likeness (QED) is 0.504. The molecule has 0 atom stereocenters. The minimum absolute atomic E-state index is 0.0352. The van der Waals surface area contributed by atoms with Crippen LogP contribution in [0.3, 0.4) is 0 Å². The maximum Gasteiger partial charge on any atom is 0.448 e. The van der Waals surface area contributed by atoms with Crippen LogP contribution in [-0.4, -0.2) is 19.8 Å². The Balaban J connectivity index is 5.19. The van der Waals surface area contributed by atoms with Crippen LogP contribution in [0.15, 0.2) is 0 Å². The number of hydrogen-bond donors (Lipinski definition) is 0. The number of alkyl halides is 5. The van der Waals surface area contributed by atoms with Crippen molar-refractivity contribution in [3.05, 3.63) is 0 Å². The summed E-state index contributed by atoms with van der Waals surface area (Å²) in [5.41, 5.74) is -4.46. The van der Waals surface area contributed by atoms with Crippen molar-refractivity contribution in [2.45, 2.75) is 50.6 Å². The van der Waals surface area contributed by atoms with E-state index in [-0.39, 0.29) is 18.1 Å². The topological polar surface area (TPSA) is 0 Å². The van der Waals surface area contributed by atoms with Gasteiger partial charge in [0, 0.05) is 0 Å². The van der Waals surface area contributed by atoms with Gasteiger partial charge in [0.1, 0.15) is 0 Å². The molecule has 0 aromatic rings. The van der Waals surface area contributed by atoms with Crippen molar-refractivity contribution < 1.29 is 22.0 Å². The summed E-state index contributed by atoms with van der Waals surface area (Å²) in [6.45, 7) is 4.29. The fraction of sp³-hybridized carbons (Fsp3) is 1.00. The Labute approximate surface area is 81.5 Å². The molecule has 0 spiro atoms. The lowest BCUT2D eigenvalue weighted by molar-refractivity contribution is -0.248. The smallest absolute Gasteiger partial charge is 0.202 e. The third-order valence-corrected chi connectivity index (χ3v) is 8.73. The lowest BCUT2D eigenvalue weighted by Gasteiger charge is -2.37. The van der Waals surface area contributed by atoms with Crippen molar-refractivity contribution in [1.29, 1.82) is 0 Å². The van der Waals surface area contributed by atoms with E-state index in [0.29, 0.717) is 0 Å². The molecule has 0 aliphatic heterocycles. The van der Waals surface area contributed by atoms with Crippen LogP contribution < -0.4 is 0 Å². The van der Waals surface area contributed by atoms with Crippen LogP contribution in [0.25, 0.3) is 0 Å². The second kappa shape index (κ2) is 4.16. The predicted molar refractivity (Wildman–Crippen MR) is 48.2 cm³/mol. The van der Waals surface area contributed by atoms with E-state index in [4.69, 9.17) is 0 Å². The Morgan fingerprint density at radius 1 is 0.786 bits per heavy atom. The van der Waals surface area contributed by atoms with Crippen LogP contribution in [-0.2, 0) is 0 Å². The molecule has 0 amide bonds. The summed E-state index contributed by atoms with van der Waals surface area (Å²) in [6.07, 6.45) is -5.39. The Hall–Kier alpha value is -0.133. The minimum Gasteiger partial charge on any atom is -0.202 e. The van der Waals surface area contributed by atoms with Gasteiger partial charge in [0.15, 0.2) is 8.07 Å². The van der Waals surface area contributed by atoms with Crippen molar-refractivity contribution >= 4 is 8.07 Å². The molecular weight excluding hydrogens is 219 g/mol. The molecule has 0 fully saturated rings. The van der Waals surface area contributed by atoms with Gasteiger partial charge in [0.05, 0.1) is 0 Å². The molecule has 0 saturated carbocycles. The number of halogens is 5. The molecule has 14 heavy (non-hydrogen) atoms. The molecule has 6 heteroatoms. The molecule has 0 radical (unpaired) electrons. The molecule has 0 saturated heterocycles. The Morgan fingerprint density at radius 2 is 1.07 bits per heavy atom. The van der Waals surface area contributed by atoms with E-state index in [1.807, 2.05) is 0 Å². The third-order valence-electron chi connectivity index (χ3n) is 3.05. The summed E-state index contributed by atoms with van der Waals surface area (Å²) in [7, 11) is -3.54. The Bertz CT molecular complexity index is 174. The van der Waals surface area contributed by atoms with E-state index in [9.17, 15) is 22.0 Å². The lowest BCUT2D eigenvalue weighted by atomic mass is 10.7. The average molecular weight is 234 g/mol. The third kappa shape index (κ3) is 1.94. The van der Waals surface area contributed by atoms with Crippen LogP contribution in [0.4, 0.5) is 22.0 Å². The first kappa shape index (κ1) is 13.9. The van der Waals surface area contributed by atoms with Gasteiger partial charge in [0.25, 0.3) is 0 Å². The van der Waals surface area contributed by atoms with Crippen molar-refractivity contribution in [2.24, 2.45) is 0 Å². The van der Waals surface area contributed by atoms with E-state index in [1.165, 1.54) is 20.8 Å². The summed E-state index contributed by atoms with van der Waals surface area (Å²) in [4.78, 5) is 0. The Morgan fingerprint density at radius 3 is 1.14 bits per heavy atom. The van der Waals surface area contributed by atoms with Crippen molar-refractivity contribution in [3.63, 3.8) is 0 Å². The highest BCUT2D eigenvalue weighted by molar-refractivity contribution is 6.82. The van der Waals surface area contributed by atoms with E-state index in [1.54, 1.807) is 0 Å². The highest BCUT2D eigenvalue weighted by atomic mass is 28.3. The standard InChI is InChI=1S/C8H15F5Si/c1-4-14(5-2,6-3)8(12,13)7(9,10)11/h4-6H2,1-3H3. The minimum atomic E-state index is -5.39. The molecule has 0 aromatic carbocycles. The second-order valence-corrected chi connectivity index (χ2v) is 8.72. The molecule has 0 aliphatic carbocycles. The van der Waals surface area contributed by atoms with Gasteiger partial charge >= 0.3 is 11.7 Å². The van der Waals surface area contributed by atoms with Gasteiger partial charge in [-0.05, 0) is 0 Å². The number of hydrogen-bond acceptors (Lipinski definition) is 0. The molecular formula is C8H15F5Si. The molecule has 86 valence electrons. The van der Waals surface area contributed by atoms with Crippen LogP contribution in [0.1, 0.15) is 20.8 Å². The van der Waals surface area contributed by atoms with Gasteiger partial charge in [-0.25, -0.2) is 8.78 Å². The van der Waals surface area contributed by atoms with Gasteiger partial charge in [0.2, 0.25) is 0 Å². The van der Waals surface area contributed by atoms with Crippen molar-refractivity contribution in [2.75, 3.05) is 0 Å². The van der Waals surface area contributed by atoms with Gasteiger partial charge in [-0.2, -0.15) is 13.2 Å². The Kier molecular flexibility index (Phi) is 4.12. The van der Waals surface area contributed by atoms with Crippen LogP contribution in [0.2, 0.25) is 18.1 Å². The lowest BCUT2D eigenvalue weighted by Crippen LogP contribution is -2.59. The average Bonchev–Trinajstić information content (AvgIpc) is 2.06. The molecule has 0 unspecified atom stereocenters. The van der Waals surface area contributed by atoms with Crippen molar-refractivity contribution in [3.8, 4) is 0 Å². The van der Waals surface area contributed by atoms with Crippen LogP contribution in [0, 0.1) is 0 Å². The molecule has 0 rings (SSSR count). The van der Waals surface area contributed by atoms with Gasteiger partial charge in [-0.15, -0.1) is 0 Å². The summed E-state index contributed by atoms with van der Waals surface area (Å²) < 4.78 is 62.9. The summed E-state index contributed by atoms with van der Waals surface area (Å²) in [5.74, 6) is 0. The number of rotatable bonds is 4. The SMILES string of the molecule is CC[Si](CC)(CC)C(F)(F)C(F)(F)F. The zero-order valence-electron chi connectivity index (χ0n) is 8.51. The van der Waals surface area contributed by atoms with Crippen LogP contribution in [0.5, 0.6) is 0 Å². The molecule has 0 nitrogen and oxygen atoms in total. The summed E-state index contributed by atoms with van der Waals surface area (Å²) in [5, 5.41) is 0. The first-order chi connectivity index (χ1) is 6.18. The summed E-state index contributed by atoms with van der Waals surface area (Å²) in [6, 6.07) is -0.106. The zero-order valence-corrected chi connectivity index (χ0v) is 9.51. The maximum absolute atomic E-state index is 13.2. The van der Waals surface area contributed by atoms with E-state index >= 15 is 0 Å². The van der Waals surface area contributed by atoms with E-state index in [0.717, 1.165) is 0 Å². The summed E-state index contributed by atoms with van der Waals surface area (Å²) >= 11 is 0. The first-order valence-corrected chi connectivity index (χ1v) is 7.25. The molecule has 0 aliphatic rings. The predicted octanol–water partition coefficient (Wildman–Crippen LogP) is 4.23. The second-order valence-electron chi connectivity index (χ2n) is 3.41. The van der Waals surface area contributed by atoms with Crippen molar-refractivity contribution in [1.82, 2.24) is 0 Å². The first-order valence-electron chi connectivity index (χ1n) is 4.63. The molecule has 0 aromatic heterocycles. The molecule has 0 heterocycles. The maximum atomic E-state index is 13.2. The van der Waals surface area contributed by atoms with Gasteiger partial charge in [-0.1, -0.05) is 38.9 Å². The fourth-order valence-corrected chi connectivity index (χ4v) is 5.15. The van der Waals surface area contributed by atoms with E-state index < -0.39 is 19.8 Å². The van der Waals surface area contributed by atoms with Crippen LogP contribution >= 0.6 is 0 Å². The highest BCUT2D eigenvalue weighted by Gasteiger charge is 2.68. The fourth-order valence-electron chi connectivity index (χ4n) is 1.72. The van der Waals surface area contributed by atoms with Gasteiger partial charge in [-0.3, -0.25) is 0 Å². The normalized spacial score (nSPS) is 14.6.